The third-order valence-corrected chi connectivity index (χ3v) is 2.26. The molecule has 3 heteroatoms. The molecule has 0 heterocycles. The standard InChI is InChI=1S/C13H19NO2/c1-3-9-16-13(15)12-6-4-5-11(10-12)7-8-14-2/h4-6,10,14H,3,7-9H2,1-2H3. The highest BCUT2D eigenvalue weighted by Crippen LogP contribution is 2.07. The second-order valence-corrected chi connectivity index (χ2v) is 3.69. The van der Waals surface area contributed by atoms with Crippen LogP contribution < -0.4 is 5.32 Å². The Bertz CT molecular complexity index is 336. The molecule has 0 radical (unpaired) electrons. The molecular formula is C13H19NO2. The Morgan fingerprint density at radius 3 is 2.94 bits per heavy atom. The molecule has 1 rings (SSSR count). The highest BCUT2D eigenvalue weighted by molar-refractivity contribution is 5.89. The molecule has 0 amide bonds. The van der Waals surface area contributed by atoms with Gasteiger partial charge in [-0.25, -0.2) is 4.79 Å². The van der Waals surface area contributed by atoms with Crippen LogP contribution in [0.25, 0.3) is 0 Å². The highest BCUT2D eigenvalue weighted by Gasteiger charge is 2.06. The zero-order chi connectivity index (χ0) is 11.8. The molecule has 88 valence electrons. The van der Waals surface area contributed by atoms with Gasteiger partial charge in [0.25, 0.3) is 0 Å². The Hall–Kier alpha value is -1.35. The first-order chi connectivity index (χ1) is 7.77. The van der Waals surface area contributed by atoms with Gasteiger partial charge in [-0.3, -0.25) is 0 Å². The van der Waals surface area contributed by atoms with E-state index >= 15 is 0 Å². The molecule has 0 fully saturated rings. The average Bonchev–Trinajstić information content (AvgIpc) is 2.33. The van der Waals surface area contributed by atoms with E-state index in [0.29, 0.717) is 12.2 Å². The summed E-state index contributed by atoms with van der Waals surface area (Å²) >= 11 is 0. The van der Waals surface area contributed by atoms with E-state index in [1.807, 2.05) is 32.2 Å². The molecule has 0 saturated heterocycles. The number of hydrogen-bond acceptors (Lipinski definition) is 3. The summed E-state index contributed by atoms with van der Waals surface area (Å²) < 4.78 is 5.08. The van der Waals surface area contributed by atoms with Crippen LogP contribution in [-0.4, -0.2) is 26.2 Å². The van der Waals surface area contributed by atoms with Crippen LogP contribution in [0.15, 0.2) is 24.3 Å². The van der Waals surface area contributed by atoms with Crippen LogP contribution in [0.1, 0.15) is 29.3 Å². The first-order valence-electron chi connectivity index (χ1n) is 5.68. The Kier molecular flexibility index (Phi) is 5.57. The van der Waals surface area contributed by atoms with Crippen molar-refractivity contribution in [2.24, 2.45) is 0 Å². The zero-order valence-corrected chi connectivity index (χ0v) is 9.95. The van der Waals surface area contributed by atoms with Crippen molar-refractivity contribution in [2.75, 3.05) is 20.2 Å². The van der Waals surface area contributed by atoms with Gasteiger partial charge < -0.3 is 10.1 Å². The van der Waals surface area contributed by atoms with Gasteiger partial charge in [-0.15, -0.1) is 0 Å². The summed E-state index contributed by atoms with van der Waals surface area (Å²) in [4.78, 5) is 11.6. The van der Waals surface area contributed by atoms with E-state index < -0.39 is 0 Å². The Morgan fingerprint density at radius 2 is 2.25 bits per heavy atom. The lowest BCUT2D eigenvalue weighted by Gasteiger charge is -2.05. The Morgan fingerprint density at radius 1 is 1.44 bits per heavy atom. The summed E-state index contributed by atoms with van der Waals surface area (Å²) in [6.45, 7) is 3.38. The van der Waals surface area contributed by atoms with Crippen LogP contribution in [-0.2, 0) is 11.2 Å². The lowest BCUT2D eigenvalue weighted by molar-refractivity contribution is 0.0505. The smallest absolute Gasteiger partial charge is 0.338 e. The summed E-state index contributed by atoms with van der Waals surface area (Å²) in [7, 11) is 1.92. The van der Waals surface area contributed by atoms with E-state index in [1.165, 1.54) is 0 Å². The summed E-state index contributed by atoms with van der Waals surface area (Å²) in [5.74, 6) is -0.229. The van der Waals surface area contributed by atoms with E-state index in [2.05, 4.69) is 5.32 Å². The molecular weight excluding hydrogens is 202 g/mol. The number of carbonyl (C=O) groups excluding carboxylic acids is 1. The lowest BCUT2D eigenvalue weighted by atomic mass is 10.1. The van der Waals surface area contributed by atoms with E-state index in [4.69, 9.17) is 4.74 Å². The Labute approximate surface area is 96.8 Å². The van der Waals surface area contributed by atoms with Gasteiger partial charge >= 0.3 is 5.97 Å². The maximum Gasteiger partial charge on any atom is 0.338 e. The molecule has 3 nitrogen and oxygen atoms in total. The molecule has 0 aliphatic rings. The van der Waals surface area contributed by atoms with E-state index in [-0.39, 0.29) is 5.97 Å². The number of rotatable bonds is 6. The SMILES string of the molecule is CCCOC(=O)c1cccc(CCNC)c1. The van der Waals surface area contributed by atoms with Crippen LogP contribution in [0.5, 0.6) is 0 Å². The van der Waals surface area contributed by atoms with Crippen LogP contribution >= 0.6 is 0 Å². The molecule has 0 aliphatic heterocycles. The third-order valence-electron chi connectivity index (χ3n) is 2.26. The quantitative estimate of drug-likeness (QED) is 0.747. The summed E-state index contributed by atoms with van der Waals surface area (Å²) in [5.41, 5.74) is 1.79. The fourth-order valence-corrected chi connectivity index (χ4v) is 1.40. The van der Waals surface area contributed by atoms with Crippen molar-refractivity contribution in [3.8, 4) is 0 Å². The van der Waals surface area contributed by atoms with Crippen molar-refractivity contribution in [1.29, 1.82) is 0 Å². The van der Waals surface area contributed by atoms with Gasteiger partial charge in [0.05, 0.1) is 12.2 Å². The second-order valence-electron chi connectivity index (χ2n) is 3.69. The van der Waals surface area contributed by atoms with Gasteiger partial charge in [0.1, 0.15) is 0 Å². The van der Waals surface area contributed by atoms with Crippen LogP contribution in [0.3, 0.4) is 0 Å². The molecule has 0 bridgehead atoms. The van der Waals surface area contributed by atoms with Crippen molar-refractivity contribution in [3.63, 3.8) is 0 Å². The normalized spacial score (nSPS) is 10.1. The molecule has 16 heavy (non-hydrogen) atoms. The minimum absolute atomic E-state index is 0.229. The van der Waals surface area contributed by atoms with Gasteiger partial charge in [-0.05, 0) is 44.1 Å². The second kappa shape index (κ2) is 7.01. The molecule has 0 spiro atoms. The largest absolute Gasteiger partial charge is 0.462 e. The summed E-state index contributed by atoms with van der Waals surface area (Å²) in [6, 6.07) is 7.61. The van der Waals surface area contributed by atoms with E-state index in [1.54, 1.807) is 6.07 Å². The predicted molar refractivity (Wildman–Crippen MR) is 64.6 cm³/mol. The monoisotopic (exact) mass is 221 g/mol. The lowest BCUT2D eigenvalue weighted by Crippen LogP contribution is -2.11. The van der Waals surface area contributed by atoms with Crippen LogP contribution in [0.2, 0.25) is 0 Å². The van der Waals surface area contributed by atoms with E-state index in [0.717, 1.165) is 24.9 Å². The fraction of sp³-hybridized carbons (Fsp3) is 0.462. The minimum atomic E-state index is -0.229. The van der Waals surface area contributed by atoms with Crippen molar-refractivity contribution in [3.05, 3.63) is 35.4 Å². The van der Waals surface area contributed by atoms with Crippen molar-refractivity contribution >= 4 is 5.97 Å². The number of carbonyl (C=O) groups is 1. The summed E-state index contributed by atoms with van der Waals surface area (Å²) in [6.07, 6.45) is 1.77. The first kappa shape index (κ1) is 12.7. The molecule has 0 unspecified atom stereocenters. The van der Waals surface area contributed by atoms with Crippen molar-refractivity contribution in [2.45, 2.75) is 19.8 Å². The van der Waals surface area contributed by atoms with Crippen LogP contribution in [0, 0.1) is 0 Å². The number of hydrogen-bond donors (Lipinski definition) is 1. The molecule has 1 N–H and O–H groups in total. The van der Waals surface area contributed by atoms with Gasteiger partial charge in [0, 0.05) is 0 Å². The van der Waals surface area contributed by atoms with E-state index in [9.17, 15) is 4.79 Å². The van der Waals surface area contributed by atoms with Crippen molar-refractivity contribution < 1.29 is 9.53 Å². The molecule has 0 saturated carbocycles. The molecule has 0 aliphatic carbocycles. The maximum absolute atomic E-state index is 11.6. The number of benzene rings is 1. The number of esters is 1. The molecule has 1 aromatic carbocycles. The molecule has 1 aromatic rings. The van der Waals surface area contributed by atoms with Gasteiger partial charge in [-0.2, -0.15) is 0 Å². The average molecular weight is 221 g/mol. The predicted octanol–water partition coefficient (Wildman–Crippen LogP) is 2.02. The Balaban J connectivity index is 2.62. The summed E-state index contributed by atoms with van der Waals surface area (Å²) in [5, 5.41) is 3.08. The highest BCUT2D eigenvalue weighted by atomic mass is 16.5. The van der Waals surface area contributed by atoms with Gasteiger partial charge in [0.2, 0.25) is 0 Å². The number of ether oxygens (including phenoxy) is 1. The first-order valence-corrected chi connectivity index (χ1v) is 5.68. The maximum atomic E-state index is 11.6. The minimum Gasteiger partial charge on any atom is -0.462 e. The molecule has 0 atom stereocenters. The van der Waals surface area contributed by atoms with Crippen molar-refractivity contribution in [1.82, 2.24) is 5.32 Å². The third kappa shape index (κ3) is 4.03. The fourth-order valence-electron chi connectivity index (χ4n) is 1.40. The van der Waals surface area contributed by atoms with Gasteiger partial charge in [-0.1, -0.05) is 19.1 Å². The van der Waals surface area contributed by atoms with Gasteiger partial charge in [0.15, 0.2) is 0 Å². The number of likely N-dealkylation sites (N-methyl/N-ethyl adjacent to an activating group) is 1. The topological polar surface area (TPSA) is 38.3 Å². The number of nitrogens with one attached hydrogen (secondary N) is 1. The molecule has 0 aromatic heterocycles. The van der Waals surface area contributed by atoms with Crippen LogP contribution in [0.4, 0.5) is 0 Å². The zero-order valence-electron chi connectivity index (χ0n) is 9.95.